The summed E-state index contributed by atoms with van der Waals surface area (Å²) >= 11 is 11.0. The third-order valence-electron chi connectivity index (χ3n) is 6.13. The van der Waals surface area contributed by atoms with Crippen molar-refractivity contribution in [1.82, 2.24) is 14.4 Å². The molecule has 0 atom stereocenters. The number of allylic oxidation sites excluding steroid dienone is 2. The number of halogens is 3. The Morgan fingerprint density at radius 2 is 1.75 bits per heavy atom. The maximum Gasteiger partial charge on any atom is 0.737 e. The Balaban J connectivity index is 1.95. The van der Waals surface area contributed by atoms with Crippen molar-refractivity contribution in [3.05, 3.63) is 81.7 Å². The van der Waals surface area contributed by atoms with Crippen molar-refractivity contribution in [2.24, 2.45) is 0 Å². The van der Waals surface area contributed by atoms with Crippen molar-refractivity contribution < 1.29 is 13.1 Å². The van der Waals surface area contributed by atoms with E-state index in [0.29, 0.717) is 39.6 Å². The van der Waals surface area contributed by atoms with E-state index in [9.17, 15) is 0 Å². The van der Waals surface area contributed by atoms with Gasteiger partial charge in [-0.05, 0) is 50.2 Å². The van der Waals surface area contributed by atoms with Crippen molar-refractivity contribution >= 4 is 42.5 Å². The summed E-state index contributed by atoms with van der Waals surface area (Å²) < 4.78 is 34.1. The van der Waals surface area contributed by atoms with Crippen LogP contribution in [-0.2, 0) is 0 Å². The van der Waals surface area contributed by atoms with E-state index < -0.39 is 6.97 Å². The van der Waals surface area contributed by atoms with E-state index >= 15 is 8.63 Å². The second kappa shape index (κ2) is 7.15. The Morgan fingerprint density at radius 1 is 1.06 bits per heavy atom. The molecule has 2 aliphatic rings. The lowest BCUT2D eigenvalue weighted by atomic mass is 9.83. The molecule has 0 spiro atoms. The largest absolute Gasteiger partial charge is 0.737 e. The lowest BCUT2D eigenvalue weighted by molar-refractivity contribution is -0.363. The minimum absolute atomic E-state index is 0.215. The van der Waals surface area contributed by atoms with E-state index in [-0.39, 0.29) is 5.15 Å². The van der Waals surface area contributed by atoms with Crippen LogP contribution in [0.15, 0.2) is 58.9 Å². The number of hydrogen-bond acceptors (Lipinski definition) is 3. The highest BCUT2D eigenvalue weighted by Crippen LogP contribution is 2.47. The molecule has 0 amide bonds. The average molecular weight is 469 g/mol. The van der Waals surface area contributed by atoms with Gasteiger partial charge in [0.1, 0.15) is 17.2 Å². The first kappa shape index (κ1) is 21.2. The first-order chi connectivity index (χ1) is 15.1. The van der Waals surface area contributed by atoms with Gasteiger partial charge in [0.15, 0.2) is 5.70 Å². The first-order valence-corrected chi connectivity index (χ1v) is 11.0. The number of aromatic nitrogens is 3. The highest BCUT2D eigenvalue weighted by molar-refractivity contribution is 7.80. The van der Waals surface area contributed by atoms with Crippen molar-refractivity contribution in [3.8, 4) is 11.3 Å². The summed E-state index contributed by atoms with van der Waals surface area (Å²) in [6.07, 6.45) is 3.18. The van der Waals surface area contributed by atoms with Crippen molar-refractivity contribution in [1.29, 1.82) is 0 Å². The molecule has 3 aromatic rings. The van der Waals surface area contributed by atoms with Crippen LogP contribution in [0.1, 0.15) is 36.4 Å². The predicted octanol–water partition coefficient (Wildman–Crippen LogP) is 5.93. The van der Waals surface area contributed by atoms with E-state index in [2.05, 4.69) is 22.6 Å². The van der Waals surface area contributed by atoms with Crippen LogP contribution in [0.5, 0.6) is 0 Å². The SMILES string of the molecule is CC1=CC(C)=[N+]2C1=C(c1c(Cl)ncnc1-c1ccc(S)cc1)c1c(C)cc(C)n1[B-]2(F)F. The third-order valence-corrected chi connectivity index (χ3v) is 6.71. The van der Waals surface area contributed by atoms with Crippen LogP contribution < -0.4 is 0 Å². The van der Waals surface area contributed by atoms with Crippen LogP contribution in [0.2, 0.25) is 5.15 Å². The third kappa shape index (κ3) is 2.86. The van der Waals surface area contributed by atoms with Crippen LogP contribution in [0.3, 0.4) is 0 Å². The number of thiol groups is 1. The molecule has 4 nitrogen and oxygen atoms in total. The minimum atomic E-state index is -4.07. The second-order valence-corrected chi connectivity index (χ2v) is 9.15. The van der Waals surface area contributed by atoms with Crippen LogP contribution >= 0.6 is 24.2 Å². The molecule has 0 saturated carbocycles. The normalized spacial score (nSPS) is 16.9. The van der Waals surface area contributed by atoms with Crippen molar-refractivity contribution in [2.75, 3.05) is 0 Å². The predicted molar refractivity (Wildman–Crippen MR) is 128 cm³/mol. The van der Waals surface area contributed by atoms with Crippen LogP contribution in [-0.4, -0.2) is 31.6 Å². The van der Waals surface area contributed by atoms with Gasteiger partial charge in [-0.25, -0.2) is 9.97 Å². The maximum absolute atomic E-state index is 15.9. The molecule has 0 aliphatic carbocycles. The molecule has 0 bridgehead atoms. The van der Waals surface area contributed by atoms with Gasteiger partial charge in [0.05, 0.1) is 16.8 Å². The molecule has 2 aliphatic heterocycles. The fourth-order valence-corrected chi connectivity index (χ4v) is 5.34. The Hall–Kier alpha value is -2.71. The standard InChI is InChI=1S/C23H20BClF2N4S/c1-12-9-14(3)30-21(12)19(22-13(2)10-15(4)31(22)24(30,26)27)18-20(28-11-29-23(18)25)16-5-7-17(32)8-6-16/h5-11,32H,1-4H3. The summed E-state index contributed by atoms with van der Waals surface area (Å²) in [5.41, 5.74) is 5.92. The van der Waals surface area contributed by atoms with Gasteiger partial charge in [-0.15, -0.1) is 12.6 Å². The minimum Gasteiger partial charge on any atom is -0.393 e. The summed E-state index contributed by atoms with van der Waals surface area (Å²) in [6, 6.07) is 9.28. The molecular weight excluding hydrogens is 449 g/mol. The lowest BCUT2D eigenvalue weighted by Gasteiger charge is -2.34. The van der Waals surface area contributed by atoms with Gasteiger partial charge >= 0.3 is 6.97 Å². The average Bonchev–Trinajstić information content (AvgIpc) is 3.20. The molecule has 1 aromatic carbocycles. The van der Waals surface area contributed by atoms with Gasteiger partial charge in [0.2, 0.25) is 0 Å². The topological polar surface area (TPSA) is 33.7 Å². The summed E-state index contributed by atoms with van der Waals surface area (Å²) in [5, 5.41) is 0.215. The highest BCUT2D eigenvalue weighted by Gasteiger charge is 2.55. The van der Waals surface area contributed by atoms with Gasteiger partial charge in [0.25, 0.3) is 0 Å². The molecular formula is C23H20BClF2N4S. The molecule has 4 heterocycles. The van der Waals surface area contributed by atoms with E-state index in [4.69, 9.17) is 11.6 Å². The van der Waals surface area contributed by atoms with Gasteiger partial charge in [-0.3, -0.25) is 0 Å². The monoisotopic (exact) mass is 468 g/mol. The quantitative estimate of drug-likeness (QED) is 0.287. The Bertz CT molecular complexity index is 1400. The second-order valence-electron chi connectivity index (χ2n) is 8.27. The zero-order valence-corrected chi connectivity index (χ0v) is 19.6. The molecule has 32 heavy (non-hydrogen) atoms. The first-order valence-electron chi connectivity index (χ1n) is 10.2. The number of fused-ring (bicyclic) bond motifs is 2. The molecule has 0 saturated heterocycles. The molecule has 9 heteroatoms. The van der Waals surface area contributed by atoms with E-state index in [1.165, 1.54) is 6.33 Å². The van der Waals surface area contributed by atoms with Gasteiger partial charge < -0.3 is 17.6 Å². The number of aryl methyl sites for hydroxylation is 2. The van der Waals surface area contributed by atoms with Gasteiger partial charge in [0, 0.05) is 34.7 Å². The molecule has 0 fully saturated rings. The fourth-order valence-electron chi connectivity index (χ4n) is 4.96. The van der Waals surface area contributed by atoms with Crippen LogP contribution in [0.4, 0.5) is 8.63 Å². The maximum atomic E-state index is 15.9. The number of hydrogen-bond donors (Lipinski definition) is 1. The van der Waals surface area contributed by atoms with Crippen molar-refractivity contribution in [3.63, 3.8) is 0 Å². The summed E-state index contributed by atoms with van der Waals surface area (Å²) in [4.78, 5) is 9.57. The molecule has 162 valence electrons. The zero-order valence-electron chi connectivity index (χ0n) is 18.0. The van der Waals surface area contributed by atoms with E-state index in [1.54, 1.807) is 26.0 Å². The smallest absolute Gasteiger partial charge is 0.393 e. The molecule has 0 radical (unpaired) electrons. The van der Waals surface area contributed by atoms with Gasteiger partial charge in [-0.1, -0.05) is 23.7 Å². The fraction of sp³-hybridized carbons (Fsp3) is 0.174. The van der Waals surface area contributed by atoms with E-state index in [1.807, 2.05) is 38.1 Å². The Labute approximate surface area is 195 Å². The molecule has 5 rings (SSSR count). The summed E-state index contributed by atoms with van der Waals surface area (Å²) in [5.74, 6) is 0. The number of rotatable bonds is 2. The summed E-state index contributed by atoms with van der Waals surface area (Å²) in [6.45, 7) is 3.03. The molecule has 2 aromatic heterocycles. The number of nitrogens with zero attached hydrogens (tertiary/aromatic N) is 4. The molecule has 0 unspecified atom stereocenters. The lowest BCUT2D eigenvalue weighted by Crippen LogP contribution is -2.51. The Kier molecular flexibility index (Phi) is 4.73. The zero-order chi connectivity index (χ0) is 22.9. The van der Waals surface area contributed by atoms with Gasteiger partial charge in [-0.2, -0.15) is 0 Å². The van der Waals surface area contributed by atoms with Crippen LogP contribution in [0.25, 0.3) is 16.8 Å². The summed E-state index contributed by atoms with van der Waals surface area (Å²) in [7, 11) is 0. The Morgan fingerprint density at radius 3 is 2.44 bits per heavy atom. The van der Waals surface area contributed by atoms with Crippen LogP contribution in [0, 0.1) is 13.8 Å². The van der Waals surface area contributed by atoms with Crippen molar-refractivity contribution in [2.45, 2.75) is 32.6 Å². The number of benzene rings is 1. The van der Waals surface area contributed by atoms with E-state index in [0.717, 1.165) is 30.6 Å². The molecule has 0 N–H and O–H groups in total. The highest BCUT2D eigenvalue weighted by atomic mass is 35.5.